The molecule has 0 radical (unpaired) electrons. The van der Waals surface area contributed by atoms with Crippen molar-refractivity contribution in [1.29, 1.82) is 0 Å². The van der Waals surface area contributed by atoms with Crippen LogP contribution in [0.1, 0.15) is 38.9 Å². The third-order valence-electron chi connectivity index (χ3n) is 6.06. The van der Waals surface area contributed by atoms with E-state index in [1.54, 1.807) is 18.3 Å². The number of fused-ring (bicyclic) bond motifs is 1. The van der Waals surface area contributed by atoms with Gasteiger partial charge in [0.05, 0.1) is 11.5 Å². The lowest BCUT2D eigenvalue weighted by atomic mass is 10.1. The van der Waals surface area contributed by atoms with Gasteiger partial charge in [-0.2, -0.15) is 0 Å². The number of benzene rings is 2. The Morgan fingerprint density at radius 2 is 1.89 bits per heavy atom. The van der Waals surface area contributed by atoms with Crippen LogP contribution in [-0.4, -0.2) is 45.8 Å². The Labute approximate surface area is 224 Å². The maximum atomic E-state index is 13.3. The van der Waals surface area contributed by atoms with Gasteiger partial charge in [-0.1, -0.05) is 54.1 Å². The van der Waals surface area contributed by atoms with Gasteiger partial charge in [-0.05, 0) is 42.8 Å². The molecule has 0 saturated carbocycles. The van der Waals surface area contributed by atoms with Gasteiger partial charge >= 0.3 is 0 Å². The number of aliphatic hydroxyl groups excluding tert-OH is 2. The normalized spacial score (nSPS) is 12.2. The van der Waals surface area contributed by atoms with Crippen molar-refractivity contribution in [2.75, 3.05) is 20.2 Å². The molecule has 0 unspecified atom stereocenters. The summed E-state index contributed by atoms with van der Waals surface area (Å²) in [7, 11) is 1.92. The number of aryl methyl sites for hydroxylation is 1. The van der Waals surface area contributed by atoms with E-state index in [-0.39, 0.29) is 24.1 Å². The molecule has 194 valence electrons. The van der Waals surface area contributed by atoms with E-state index in [1.807, 2.05) is 65.0 Å². The van der Waals surface area contributed by atoms with Crippen LogP contribution >= 0.6 is 22.9 Å². The van der Waals surface area contributed by atoms with Crippen molar-refractivity contribution in [3.05, 3.63) is 104 Å². The van der Waals surface area contributed by atoms with Crippen LogP contribution in [0.3, 0.4) is 0 Å². The standard InChI is InChI=1S/C28H30ClN3O4S/c1-31(18-25(34)20-6-3-2-4-7-20)16-22-14-23-26(35)24(17-32(12-5-13-33)28(23)37-22)27(36)30-15-19-8-10-21(29)11-9-19/h2-4,6-11,14,17,25,33-34H,5,12-13,15-16,18H2,1H3,(H,30,36)/t25-/m0/s1. The van der Waals surface area contributed by atoms with Gasteiger partial charge in [-0.15, -0.1) is 11.3 Å². The van der Waals surface area contributed by atoms with E-state index < -0.39 is 12.0 Å². The first-order valence-electron chi connectivity index (χ1n) is 12.1. The predicted molar refractivity (Wildman–Crippen MR) is 148 cm³/mol. The lowest BCUT2D eigenvalue weighted by molar-refractivity contribution is 0.0949. The van der Waals surface area contributed by atoms with Gasteiger partial charge in [0.2, 0.25) is 5.43 Å². The summed E-state index contributed by atoms with van der Waals surface area (Å²) in [5.74, 6) is -0.449. The SMILES string of the molecule is CN(Cc1cc2c(=O)c(C(=O)NCc3ccc(Cl)cc3)cn(CCCO)c2s1)C[C@H](O)c1ccccc1. The molecule has 0 aliphatic rings. The van der Waals surface area contributed by atoms with E-state index in [1.165, 1.54) is 11.3 Å². The molecule has 1 atom stereocenters. The number of rotatable bonds is 11. The third kappa shape index (κ3) is 6.85. The predicted octanol–water partition coefficient (Wildman–Crippen LogP) is 4.19. The molecule has 4 rings (SSSR count). The number of hydrogen-bond donors (Lipinski definition) is 3. The number of amides is 1. The molecule has 0 saturated heterocycles. The van der Waals surface area contributed by atoms with Crippen LogP contribution in [0.4, 0.5) is 0 Å². The Balaban J connectivity index is 1.55. The molecular weight excluding hydrogens is 510 g/mol. The Kier molecular flexibility index (Phi) is 9.13. The average Bonchev–Trinajstić information content (AvgIpc) is 3.32. The number of carbonyl (C=O) groups is 1. The Bertz CT molecular complexity index is 1400. The summed E-state index contributed by atoms with van der Waals surface area (Å²) in [5.41, 5.74) is 1.47. The maximum Gasteiger partial charge on any atom is 0.257 e. The van der Waals surface area contributed by atoms with Crippen molar-refractivity contribution in [2.45, 2.75) is 32.2 Å². The number of halogens is 1. The number of aromatic nitrogens is 1. The van der Waals surface area contributed by atoms with E-state index in [2.05, 4.69) is 5.32 Å². The molecule has 2 aromatic heterocycles. The van der Waals surface area contributed by atoms with Crippen molar-refractivity contribution in [2.24, 2.45) is 0 Å². The summed E-state index contributed by atoms with van der Waals surface area (Å²) in [6.07, 6.45) is 1.46. The largest absolute Gasteiger partial charge is 0.396 e. The molecule has 0 aliphatic carbocycles. The van der Waals surface area contributed by atoms with Crippen molar-refractivity contribution in [1.82, 2.24) is 14.8 Å². The number of carbonyl (C=O) groups excluding carboxylic acids is 1. The molecule has 2 aromatic carbocycles. The number of thiophene rings is 1. The fraction of sp³-hybridized carbons (Fsp3) is 0.286. The second kappa shape index (κ2) is 12.5. The summed E-state index contributed by atoms with van der Waals surface area (Å²) < 4.78 is 1.87. The fourth-order valence-corrected chi connectivity index (χ4v) is 5.52. The molecule has 0 spiro atoms. The van der Waals surface area contributed by atoms with Gasteiger partial charge < -0.3 is 20.1 Å². The summed E-state index contributed by atoms with van der Waals surface area (Å²) in [4.78, 5) is 30.0. The summed E-state index contributed by atoms with van der Waals surface area (Å²) >= 11 is 7.41. The molecule has 4 aromatic rings. The molecular formula is C28H30ClN3O4S. The molecule has 0 fully saturated rings. The fourth-order valence-electron chi connectivity index (χ4n) is 4.16. The first-order chi connectivity index (χ1) is 17.9. The minimum atomic E-state index is -0.624. The Morgan fingerprint density at radius 1 is 1.16 bits per heavy atom. The van der Waals surface area contributed by atoms with E-state index in [0.717, 1.165) is 20.8 Å². The van der Waals surface area contributed by atoms with Crippen LogP contribution in [0.5, 0.6) is 0 Å². The quantitative estimate of drug-likeness (QED) is 0.266. The van der Waals surface area contributed by atoms with Gasteiger partial charge in [-0.25, -0.2) is 0 Å². The van der Waals surface area contributed by atoms with Crippen molar-refractivity contribution < 1.29 is 15.0 Å². The monoisotopic (exact) mass is 539 g/mol. The number of pyridine rings is 1. The third-order valence-corrected chi connectivity index (χ3v) is 7.47. The summed E-state index contributed by atoms with van der Waals surface area (Å²) in [6.45, 7) is 1.73. The number of nitrogens with zero attached hydrogens (tertiary/aromatic N) is 2. The van der Waals surface area contributed by atoms with Crippen LogP contribution in [0.25, 0.3) is 10.2 Å². The van der Waals surface area contributed by atoms with Crippen LogP contribution in [-0.2, 0) is 19.6 Å². The minimum absolute atomic E-state index is 0.00403. The molecule has 0 aliphatic heterocycles. The molecule has 1 amide bonds. The highest BCUT2D eigenvalue weighted by Gasteiger charge is 2.19. The molecule has 9 heteroatoms. The maximum absolute atomic E-state index is 13.3. The summed E-state index contributed by atoms with van der Waals surface area (Å²) in [5, 5.41) is 23.9. The number of nitrogens with one attached hydrogen (secondary N) is 1. The highest BCUT2D eigenvalue weighted by molar-refractivity contribution is 7.18. The van der Waals surface area contributed by atoms with Gasteiger partial charge in [0.15, 0.2) is 0 Å². The Hall–Kier alpha value is -3.01. The smallest absolute Gasteiger partial charge is 0.257 e. The van der Waals surface area contributed by atoms with Gasteiger partial charge in [0.1, 0.15) is 10.4 Å². The number of likely N-dealkylation sites (N-methyl/N-ethyl adjacent to an activating group) is 1. The van der Waals surface area contributed by atoms with Crippen molar-refractivity contribution in [3.8, 4) is 0 Å². The second-order valence-corrected chi connectivity index (χ2v) is 10.6. The first-order valence-corrected chi connectivity index (χ1v) is 13.3. The first kappa shape index (κ1) is 27.0. The lowest BCUT2D eigenvalue weighted by Gasteiger charge is -2.20. The second-order valence-electron chi connectivity index (χ2n) is 9.01. The van der Waals surface area contributed by atoms with Gasteiger partial charge in [-0.3, -0.25) is 14.5 Å². The molecule has 7 nitrogen and oxygen atoms in total. The molecule has 3 N–H and O–H groups in total. The van der Waals surface area contributed by atoms with Crippen LogP contribution < -0.4 is 10.7 Å². The van der Waals surface area contributed by atoms with Crippen LogP contribution in [0.2, 0.25) is 5.02 Å². The van der Waals surface area contributed by atoms with Crippen LogP contribution in [0, 0.1) is 0 Å². The van der Waals surface area contributed by atoms with Gasteiger partial charge in [0.25, 0.3) is 5.91 Å². The van der Waals surface area contributed by atoms with Crippen molar-refractivity contribution in [3.63, 3.8) is 0 Å². The Morgan fingerprint density at radius 3 is 2.59 bits per heavy atom. The van der Waals surface area contributed by atoms with E-state index >= 15 is 0 Å². The topological polar surface area (TPSA) is 94.8 Å². The zero-order chi connectivity index (χ0) is 26.4. The van der Waals surface area contributed by atoms with Crippen LogP contribution in [0.15, 0.2) is 71.7 Å². The van der Waals surface area contributed by atoms with Gasteiger partial charge in [0, 0.05) is 48.9 Å². The molecule has 37 heavy (non-hydrogen) atoms. The highest BCUT2D eigenvalue weighted by atomic mass is 35.5. The minimum Gasteiger partial charge on any atom is -0.396 e. The van der Waals surface area contributed by atoms with Crippen molar-refractivity contribution >= 4 is 39.1 Å². The van der Waals surface area contributed by atoms with E-state index in [0.29, 0.717) is 36.5 Å². The zero-order valence-corrected chi connectivity index (χ0v) is 22.1. The average molecular weight is 540 g/mol. The zero-order valence-electron chi connectivity index (χ0n) is 20.6. The summed E-state index contributed by atoms with van der Waals surface area (Å²) in [6, 6.07) is 18.5. The molecule has 0 bridgehead atoms. The number of hydrogen-bond acceptors (Lipinski definition) is 6. The number of aliphatic hydroxyl groups is 2. The molecule has 2 heterocycles. The van der Waals surface area contributed by atoms with E-state index in [9.17, 15) is 19.8 Å². The highest BCUT2D eigenvalue weighted by Crippen LogP contribution is 2.26. The lowest BCUT2D eigenvalue weighted by Crippen LogP contribution is -2.29. The van der Waals surface area contributed by atoms with E-state index in [4.69, 9.17) is 11.6 Å².